The normalized spacial score (nSPS) is 32.9. The molecule has 4 nitrogen and oxygen atoms in total. The molecule has 3 aliphatic rings. The Morgan fingerprint density at radius 1 is 0.962 bits per heavy atom. The molecule has 134 valence electrons. The van der Waals surface area contributed by atoms with Crippen LogP contribution >= 0.6 is 0 Å². The molecule has 1 spiro atoms. The van der Waals surface area contributed by atoms with E-state index in [4.69, 9.17) is 0 Å². The summed E-state index contributed by atoms with van der Waals surface area (Å²) in [7, 11) is -3.43. The molecule has 0 amide bonds. The lowest BCUT2D eigenvalue weighted by atomic mass is 9.90. The summed E-state index contributed by atoms with van der Waals surface area (Å²) in [5.74, 6) is 0.280. The van der Waals surface area contributed by atoms with Gasteiger partial charge in [-0.2, -0.15) is 4.31 Å². The van der Waals surface area contributed by atoms with E-state index < -0.39 is 10.0 Å². The fourth-order valence-corrected chi connectivity index (χ4v) is 6.08. The molecular formula is C21H22N2O2S. The highest BCUT2D eigenvalue weighted by atomic mass is 32.2. The standard InChI is InChI=1S/C21H22N2O2S/c1-16-7-10-19(11-8-16)26(24,25)22-13-18-9-12-20(17-5-3-2-4-6-17)23-15-21(18,23)14-22/h2-12,18,20H,13-15H2,1H3/t18-,20+,21+,23?/m1/s1. The summed E-state index contributed by atoms with van der Waals surface area (Å²) in [5.41, 5.74) is 2.33. The monoisotopic (exact) mass is 366 g/mol. The number of hydrogen-bond donors (Lipinski definition) is 0. The van der Waals surface area contributed by atoms with E-state index in [1.807, 2.05) is 25.1 Å². The van der Waals surface area contributed by atoms with Crippen molar-refractivity contribution in [2.75, 3.05) is 19.6 Å². The minimum atomic E-state index is -3.43. The topological polar surface area (TPSA) is 40.4 Å². The van der Waals surface area contributed by atoms with E-state index in [0.717, 1.165) is 12.1 Å². The summed E-state index contributed by atoms with van der Waals surface area (Å²) in [6.45, 7) is 4.09. The lowest BCUT2D eigenvalue weighted by Gasteiger charge is -2.27. The van der Waals surface area contributed by atoms with Gasteiger partial charge < -0.3 is 0 Å². The summed E-state index contributed by atoms with van der Waals surface area (Å²) in [6, 6.07) is 17.9. The van der Waals surface area contributed by atoms with Crippen molar-refractivity contribution >= 4 is 10.0 Å². The molecule has 2 aromatic rings. The van der Waals surface area contributed by atoms with E-state index in [-0.39, 0.29) is 17.5 Å². The first-order chi connectivity index (χ1) is 12.5. The average molecular weight is 366 g/mol. The van der Waals surface area contributed by atoms with Gasteiger partial charge in [0.05, 0.1) is 16.5 Å². The number of benzene rings is 2. The Kier molecular flexibility index (Phi) is 3.45. The highest BCUT2D eigenvalue weighted by Gasteiger charge is 2.65. The minimum Gasteiger partial charge on any atom is -0.282 e. The molecule has 2 saturated heterocycles. The molecule has 0 aliphatic carbocycles. The molecule has 0 N–H and O–H groups in total. The van der Waals surface area contributed by atoms with E-state index in [2.05, 4.69) is 41.3 Å². The Morgan fingerprint density at radius 3 is 2.42 bits per heavy atom. The van der Waals surface area contributed by atoms with E-state index in [9.17, 15) is 8.42 Å². The van der Waals surface area contributed by atoms with Gasteiger partial charge in [-0.3, -0.25) is 4.90 Å². The molecule has 0 bridgehead atoms. The van der Waals surface area contributed by atoms with Gasteiger partial charge in [0.1, 0.15) is 0 Å². The van der Waals surface area contributed by atoms with Crippen molar-refractivity contribution in [3.8, 4) is 0 Å². The third kappa shape index (κ3) is 2.31. The highest BCUT2D eigenvalue weighted by molar-refractivity contribution is 7.89. The smallest absolute Gasteiger partial charge is 0.243 e. The van der Waals surface area contributed by atoms with Gasteiger partial charge in [0.2, 0.25) is 10.0 Å². The molecule has 2 fully saturated rings. The largest absolute Gasteiger partial charge is 0.282 e. The van der Waals surface area contributed by atoms with Crippen LogP contribution in [0.15, 0.2) is 71.6 Å². The lowest BCUT2D eigenvalue weighted by molar-refractivity contribution is 0.322. The average Bonchev–Trinajstić information content (AvgIpc) is 3.25. The maximum Gasteiger partial charge on any atom is 0.243 e. The van der Waals surface area contributed by atoms with Crippen LogP contribution in [0.5, 0.6) is 0 Å². The van der Waals surface area contributed by atoms with Crippen LogP contribution in [0.4, 0.5) is 0 Å². The van der Waals surface area contributed by atoms with E-state index >= 15 is 0 Å². The van der Waals surface area contributed by atoms with Crippen LogP contribution in [0, 0.1) is 12.8 Å². The molecule has 3 heterocycles. The van der Waals surface area contributed by atoms with Crippen molar-refractivity contribution in [2.24, 2.45) is 5.92 Å². The van der Waals surface area contributed by atoms with Crippen molar-refractivity contribution in [3.05, 3.63) is 77.9 Å². The van der Waals surface area contributed by atoms with Crippen molar-refractivity contribution in [3.63, 3.8) is 0 Å². The SMILES string of the molecule is Cc1ccc(S(=O)(=O)N2C[C@H]3C=C[C@@H](c4ccccc4)N4C[C@@]34C2)cc1. The second-order valence-corrected chi connectivity index (χ2v) is 9.63. The minimum absolute atomic E-state index is 0.0208. The molecule has 1 unspecified atom stereocenters. The van der Waals surface area contributed by atoms with Gasteiger partial charge in [0, 0.05) is 25.6 Å². The van der Waals surface area contributed by atoms with Gasteiger partial charge in [-0.1, -0.05) is 60.2 Å². The van der Waals surface area contributed by atoms with Gasteiger partial charge in [-0.05, 0) is 24.6 Å². The molecular weight excluding hydrogens is 344 g/mol. The van der Waals surface area contributed by atoms with Gasteiger partial charge in [-0.15, -0.1) is 0 Å². The van der Waals surface area contributed by atoms with Crippen LogP contribution in [-0.2, 0) is 10.0 Å². The zero-order valence-electron chi connectivity index (χ0n) is 14.7. The van der Waals surface area contributed by atoms with Crippen LogP contribution in [0.2, 0.25) is 0 Å². The molecule has 5 rings (SSSR count). The maximum absolute atomic E-state index is 13.1. The molecule has 0 radical (unpaired) electrons. The maximum atomic E-state index is 13.1. The van der Waals surface area contributed by atoms with E-state index in [1.54, 1.807) is 16.4 Å². The summed E-state index contributed by atoms with van der Waals surface area (Å²) in [5, 5.41) is 0. The van der Waals surface area contributed by atoms with E-state index in [1.165, 1.54) is 5.56 Å². The second kappa shape index (κ2) is 5.52. The molecule has 0 aromatic heterocycles. The predicted octanol–water partition coefficient (Wildman–Crippen LogP) is 2.98. The molecule has 26 heavy (non-hydrogen) atoms. The molecule has 3 aliphatic heterocycles. The fraction of sp³-hybridized carbons (Fsp3) is 0.333. The van der Waals surface area contributed by atoms with Crippen LogP contribution in [0.3, 0.4) is 0 Å². The van der Waals surface area contributed by atoms with Gasteiger partial charge in [0.25, 0.3) is 0 Å². The Morgan fingerprint density at radius 2 is 1.69 bits per heavy atom. The summed E-state index contributed by atoms with van der Waals surface area (Å²) in [6.07, 6.45) is 4.49. The molecule has 2 aromatic carbocycles. The number of hydrogen-bond acceptors (Lipinski definition) is 3. The van der Waals surface area contributed by atoms with Crippen LogP contribution in [0.25, 0.3) is 0 Å². The third-order valence-electron chi connectivity index (χ3n) is 6.11. The first kappa shape index (κ1) is 16.2. The number of aryl methyl sites for hydroxylation is 1. The molecule has 5 heteroatoms. The van der Waals surface area contributed by atoms with Gasteiger partial charge >= 0.3 is 0 Å². The summed E-state index contributed by atoms with van der Waals surface area (Å²) in [4.78, 5) is 2.85. The Balaban J connectivity index is 1.42. The second-order valence-electron chi connectivity index (χ2n) is 7.69. The van der Waals surface area contributed by atoms with Gasteiger partial charge in [0.15, 0.2) is 0 Å². The number of rotatable bonds is 3. The zero-order chi connectivity index (χ0) is 17.9. The Bertz CT molecular complexity index is 969. The number of nitrogens with zero attached hydrogens (tertiary/aromatic N) is 2. The van der Waals surface area contributed by atoms with Crippen molar-refractivity contribution in [1.29, 1.82) is 0 Å². The van der Waals surface area contributed by atoms with Crippen molar-refractivity contribution < 1.29 is 8.42 Å². The van der Waals surface area contributed by atoms with Crippen LogP contribution < -0.4 is 0 Å². The molecule has 4 atom stereocenters. The van der Waals surface area contributed by atoms with Crippen LogP contribution in [-0.4, -0.2) is 42.8 Å². The molecule has 0 saturated carbocycles. The predicted molar refractivity (Wildman–Crippen MR) is 101 cm³/mol. The first-order valence-electron chi connectivity index (χ1n) is 9.08. The van der Waals surface area contributed by atoms with Crippen molar-refractivity contribution in [1.82, 2.24) is 9.21 Å². The zero-order valence-corrected chi connectivity index (χ0v) is 15.6. The quantitative estimate of drug-likeness (QED) is 0.619. The first-order valence-corrected chi connectivity index (χ1v) is 10.5. The Hall–Kier alpha value is -1.95. The van der Waals surface area contributed by atoms with Gasteiger partial charge in [-0.25, -0.2) is 8.42 Å². The van der Waals surface area contributed by atoms with E-state index in [0.29, 0.717) is 18.0 Å². The number of sulfonamides is 1. The Labute approximate surface area is 154 Å². The summed E-state index contributed by atoms with van der Waals surface area (Å²) < 4.78 is 27.8. The third-order valence-corrected chi connectivity index (χ3v) is 7.94. The van der Waals surface area contributed by atoms with Crippen LogP contribution in [0.1, 0.15) is 17.2 Å². The fourth-order valence-electron chi connectivity index (χ4n) is 4.55. The highest BCUT2D eigenvalue weighted by Crippen LogP contribution is 2.54. The van der Waals surface area contributed by atoms with Crippen molar-refractivity contribution in [2.45, 2.75) is 23.4 Å². The lowest BCUT2D eigenvalue weighted by Crippen LogP contribution is -2.34. The summed E-state index contributed by atoms with van der Waals surface area (Å²) >= 11 is 0.